The predicted octanol–water partition coefficient (Wildman–Crippen LogP) is 6.85. The number of benzene rings is 1. The van der Waals surface area contributed by atoms with E-state index in [-0.39, 0.29) is 6.07 Å². The summed E-state index contributed by atoms with van der Waals surface area (Å²) in [6.07, 6.45) is -7.13. The van der Waals surface area contributed by atoms with E-state index in [4.69, 9.17) is 0 Å². The van der Waals surface area contributed by atoms with Gasteiger partial charge in [0.15, 0.2) is 5.78 Å². The lowest BCUT2D eigenvalue weighted by Crippen LogP contribution is -2.19. The van der Waals surface area contributed by atoms with E-state index >= 15 is 0 Å². The molecule has 2 nitrogen and oxygen atoms in total. The highest BCUT2D eigenvalue weighted by Gasteiger charge is 2.38. The van der Waals surface area contributed by atoms with Crippen molar-refractivity contribution in [1.82, 2.24) is 4.90 Å². The van der Waals surface area contributed by atoms with Crippen molar-refractivity contribution in [3.8, 4) is 0 Å². The lowest BCUT2D eigenvalue weighted by atomic mass is 9.99. The van der Waals surface area contributed by atoms with Crippen molar-refractivity contribution in [3.05, 3.63) is 56.6 Å². The summed E-state index contributed by atoms with van der Waals surface area (Å²) in [4.78, 5) is 15.3. The third-order valence-electron chi connectivity index (χ3n) is 4.35. The zero-order valence-electron chi connectivity index (χ0n) is 15.5. The maximum Gasteiger partial charge on any atom is 0.417 e. The standard InChI is InChI=1S/C19H19F6NOS/c1-4-5-8-26-11(2)12(3)28-17(26)10-16(27)14-9-13(18(20,21)22)6-7-15(14)19(23,24)25/h6-7,9-10H,4-5,8H2,1-3H3. The van der Waals surface area contributed by atoms with Crippen molar-refractivity contribution in [2.75, 3.05) is 6.54 Å². The van der Waals surface area contributed by atoms with Crippen molar-refractivity contribution >= 4 is 17.5 Å². The van der Waals surface area contributed by atoms with Crippen LogP contribution in [0.2, 0.25) is 0 Å². The van der Waals surface area contributed by atoms with Gasteiger partial charge in [-0.05, 0) is 38.5 Å². The minimum Gasteiger partial charge on any atom is -0.339 e. The summed E-state index contributed by atoms with van der Waals surface area (Å²) in [7, 11) is 0. The first kappa shape index (κ1) is 22.4. The maximum atomic E-state index is 13.2. The fraction of sp³-hybridized carbons (Fsp3) is 0.421. The molecular weight excluding hydrogens is 404 g/mol. The quantitative estimate of drug-likeness (QED) is 0.294. The molecule has 2 rings (SSSR count). The van der Waals surface area contributed by atoms with Gasteiger partial charge in [0.25, 0.3) is 0 Å². The van der Waals surface area contributed by atoms with Crippen LogP contribution >= 0.6 is 11.8 Å². The van der Waals surface area contributed by atoms with Gasteiger partial charge in [0.2, 0.25) is 0 Å². The van der Waals surface area contributed by atoms with Crippen LogP contribution in [-0.4, -0.2) is 17.2 Å². The Hall–Kier alpha value is -1.90. The van der Waals surface area contributed by atoms with Crippen LogP contribution < -0.4 is 0 Å². The normalized spacial score (nSPS) is 17.0. The van der Waals surface area contributed by atoms with E-state index in [1.807, 2.05) is 25.7 Å². The van der Waals surface area contributed by atoms with Gasteiger partial charge in [-0.15, -0.1) is 0 Å². The van der Waals surface area contributed by atoms with Crippen molar-refractivity contribution in [3.63, 3.8) is 0 Å². The van der Waals surface area contributed by atoms with Crippen molar-refractivity contribution in [1.29, 1.82) is 0 Å². The number of alkyl halides is 6. The van der Waals surface area contributed by atoms with Crippen molar-refractivity contribution in [2.45, 2.75) is 46.0 Å². The van der Waals surface area contributed by atoms with E-state index < -0.39 is 34.8 Å². The Labute approximate surface area is 163 Å². The van der Waals surface area contributed by atoms with Gasteiger partial charge in [0.1, 0.15) is 0 Å². The van der Waals surface area contributed by atoms with Crippen LogP contribution in [0, 0.1) is 0 Å². The second kappa shape index (κ2) is 8.23. The monoisotopic (exact) mass is 423 g/mol. The maximum absolute atomic E-state index is 13.2. The average Bonchev–Trinajstić information content (AvgIpc) is 2.84. The van der Waals surface area contributed by atoms with Gasteiger partial charge >= 0.3 is 12.4 Å². The molecule has 0 atom stereocenters. The van der Waals surface area contributed by atoms with Gasteiger partial charge in [-0.2, -0.15) is 26.3 Å². The zero-order chi connectivity index (χ0) is 21.3. The summed E-state index contributed by atoms with van der Waals surface area (Å²) in [5.41, 5.74) is -2.81. The number of ketones is 1. The number of hydrogen-bond donors (Lipinski definition) is 0. The molecule has 28 heavy (non-hydrogen) atoms. The first-order chi connectivity index (χ1) is 12.9. The van der Waals surface area contributed by atoms with E-state index in [0.29, 0.717) is 23.7 Å². The molecule has 1 aromatic rings. The fourth-order valence-electron chi connectivity index (χ4n) is 2.70. The molecule has 0 N–H and O–H groups in total. The largest absolute Gasteiger partial charge is 0.417 e. The Morgan fingerprint density at radius 2 is 1.75 bits per heavy atom. The topological polar surface area (TPSA) is 20.3 Å². The minimum absolute atomic E-state index is 0.269. The molecule has 0 fully saturated rings. The SMILES string of the molecule is CCCCN1C(=CC(=O)c2cc(C(F)(F)F)ccc2C(F)(F)F)SC(C)=C1C. The molecule has 0 amide bonds. The fourth-order valence-corrected chi connectivity index (χ4v) is 3.78. The Morgan fingerprint density at radius 1 is 1.11 bits per heavy atom. The Kier molecular flexibility index (Phi) is 6.58. The Balaban J connectivity index is 2.48. The lowest BCUT2D eigenvalue weighted by molar-refractivity contribution is -0.141. The third-order valence-corrected chi connectivity index (χ3v) is 5.49. The smallest absolute Gasteiger partial charge is 0.339 e. The zero-order valence-corrected chi connectivity index (χ0v) is 16.3. The predicted molar refractivity (Wildman–Crippen MR) is 96.4 cm³/mol. The van der Waals surface area contributed by atoms with Gasteiger partial charge < -0.3 is 4.90 Å². The average molecular weight is 423 g/mol. The second-order valence-corrected chi connectivity index (χ2v) is 7.59. The molecule has 9 heteroatoms. The van der Waals surface area contributed by atoms with E-state index in [0.717, 1.165) is 29.5 Å². The molecule has 1 aliphatic rings. The van der Waals surface area contributed by atoms with Crippen LogP contribution in [0.5, 0.6) is 0 Å². The molecule has 1 aliphatic heterocycles. The Morgan fingerprint density at radius 3 is 2.29 bits per heavy atom. The van der Waals surface area contributed by atoms with E-state index in [1.54, 1.807) is 0 Å². The Bertz CT molecular complexity index is 823. The molecule has 0 aliphatic carbocycles. The number of allylic oxidation sites excluding steroid dienone is 3. The van der Waals surface area contributed by atoms with Gasteiger partial charge in [-0.25, -0.2) is 0 Å². The highest BCUT2D eigenvalue weighted by Crippen LogP contribution is 2.42. The molecule has 0 saturated heterocycles. The molecule has 0 spiro atoms. The minimum atomic E-state index is -4.94. The van der Waals surface area contributed by atoms with Crippen molar-refractivity contribution in [2.24, 2.45) is 0 Å². The van der Waals surface area contributed by atoms with Crippen LogP contribution in [0.3, 0.4) is 0 Å². The molecule has 1 aromatic carbocycles. The molecule has 154 valence electrons. The number of unbranched alkanes of at least 4 members (excludes halogenated alkanes) is 1. The molecule has 0 aromatic heterocycles. The van der Waals surface area contributed by atoms with E-state index in [1.165, 1.54) is 11.8 Å². The summed E-state index contributed by atoms with van der Waals surface area (Å²) >= 11 is 1.22. The molecule has 0 radical (unpaired) electrons. The van der Waals surface area contributed by atoms with Gasteiger partial charge in [0, 0.05) is 28.8 Å². The first-order valence-electron chi connectivity index (χ1n) is 8.53. The molecule has 0 unspecified atom stereocenters. The van der Waals surface area contributed by atoms with Crippen LogP contribution in [0.25, 0.3) is 0 Å². The second-order valence-electron chi connectivity index (χ2n) is 6.35. The third kappa shape index (κ3) is 4.92. The molecule has 0 saturated carbocycles. The van der Waals surface area contributed by atoms with Crippen LogP contribution in [0.4, 0.5) is 26.3 Å². The van der Waals surface area contributed by atoms with E-state index in [2.05, 4.69) is 0 Å². The van der Waals surface area contributed by atoms with Gasteiger partial charge in [0.05, 0.1) is 16.2 Å². The highest BCUT2D eigenvalue weighted by atomic mass is 32.2. The number of carbonyl (C=O) groups is 1. The van der Waals surface area contributed by atoms with Gasteiger partial charge in [-0.3, -0.25) is 4.79 Å². The summed E-state index contributed by atoms with van der Waals surface area (Å²) < 4.78 is 78.5. The summed E-state index contributed by atoms with van der Waals surface area (Å²) in [5, 5.41) is 0.416. The van der Waals surface area contributed by atoms with E-state index in [9.17, 15) is 31.1 Å². The molecule has 1 heterocycles. The lowest BCUT2D eigenvalue weighted by Gasteiger charge is -2.21. The molecular formula is C19H19F6NOS. The van der Waals surface area contributed by atoms with Crippen LogP contribution in [-0.2, 0) is 12.4 Å². The number of hydrogen-bond acceptors (Lipinski definition) is 3. The molecule has 0 bridgehead atoms. The summed E-state index contributed by atoms with van der Waals surface area (Å²) in [5.74, 6) is -1.11. The number of nitrogens with zero attached hydrogens (tertiary/aromatic N) is 1. The van der Waals surface area contributed by atoms with Crippen LogP contribution in [0.15, 0.2) is 39.9 Å². The first-order valence-corrected chi connectivity index (χ1v) is 9.35. The van der Waals surface area contributed by atoms with Gasteiger partial charge in [-0.1, -0.05) is 25.1 Å². The number of halogens is 6. The van der Waals surface area contributed by atoms with Crippen molar-refractivity contribution < 1.29 is 31.1 Å². The number of carbonyl (C=O) groups excluding carboxylic acids is 1. The number of thioether (sulfide) groups is 1. The number of rotatable bonds is 5. The summed E-state index contributed by atoms with van der Waals surface area (Å²) in [6.45, 7) is 6.19. The van der Waals surface area contributed by atoms with Crippen LogP contribution in [0.1, 0.15) is 55.1 Å². The summed E-state index contributed by atoms with van der Waals surface area (Å²) in [6, 6.07) is 0.909. The highest BCUT2D eigenvalue weighted by molar-refractivity contribution is 8.06.